The Balaban J connectivity index is 1.25. The van der Waals surface area contributed by atoms with E-state index in [4.69, 9.17) is 4.74 Å². The monoisotopic (exact) mass is 406 g/mol. The van der Waals surface area contributed by atoms with Crippen molar-refractivity contribution in [1.82, 2.24) is 10.2 Å². The number of carbonyl (C=O) groups is 2. The molecule has 2 aliphatic rings. The van der Waals surface area contributed by atoms with Crippen molar-refractivity contribution < 1.29 is 14.3 Å². The van der Waals surface area contributed by atoms with Gasteiger partial charge in [-0.05, 0) is 80.0 Å². The van der Waals surface area contributed by atoms with Crippen LogP contribution < -0.4 is 10.1 Å². The number of fused-ring (bicyclic) bond motifs is 1. The summed E-state index contributed by atoms with van der Waals surface area (Å²) in [5, 5.41) is 3.16. The van der Waals surface area contributed by atoms with E-state index in [0.29, 0.717) is 31.7 Å². The van der Waals surface area contributed by atoms with E-state index in [1.165, 1.54) is 17.5 Å². The van der Waals surface area contributed by atoms with Gasteiger partial charge in [-0.3, -0.25) is 9.59 Å². The number of likely N-dealkylation sites (tertiary alicyclic amines) is 1. The molecular weight excluding hydrogens is 376 g/mol. The predicted octanol–water partition coefficient (Wildman–Crippen LogP) is 3.54. The molecule has 1 heterocycles. The van der Waals surface area contributed by atoms with E-state index in [-0.39, 0.29) is 17.9 Å². The highest BCUT2D eigenvalue weighted by Gasteiger charge is 2.24. The summed E-state index contributed by atoms with van der Waals surface area (Å²) in [6, 6.07) is 13.9. The Hall–Kier alpha value is -2.82. The molecule has 1 aliphatic heterocycles. The first-order valence-electron chi connectivity index (χ1n) is 11.0. The van der Waals surface area contributed by atoms with Crippen LogP contribution in [0.1, 0.15) is 53.2 Å². The van der Waals surface area contributed by atoms with Crippen molar-refractivity contribution in [2.45, 2.75) is 51.5 Å². The normalized spacial score (nSPS) is 16.2. The lowest BCUT2D eigenvalue weighted by Crippen LogP contribution is -2.46. The molecule has 0 bridgehead atoms. The third-order valence-electron chi connectivity index (χ3n) is 6.09. The van der Waals surface area contributed by atoms with E-state index in [0.717, 1.165) is 37.0 Å². The zero-order chi connectivity index (χ0) is 20.9. The number of piperidine rings is 1. The Morgan fingerprint density at radius 3 is 2.50 bits per heavy atom. The van der Waals surface area contributed by atoms with Crippen LogP contribution in [0.2, 0.25) is 0 Å². The van der Waals surface area contributed by atoms with E-state index in [9.17, 15) is 9.59 Å². The molecule has 0 aromatic heterocycles. The van der Waals surface area contributed by atoms with Crippen LogP contribution in [0.25, 0.3) is 0 Å². The quantitative estimate of drug-likeness (QED) is 0.798. The Morgan fingerprint density at radius 1 is 1.03 bits per heavy atom. The molecule has 1 N–H and O–H groups in total. The molecule has 0 saturated carbocycles. The van der Waals surface area contributed by atoms with Gasteiger partial charge in [-0.15, -0.1) is 0 Å². The molecule has 5 nitrogen and oxygen atoms in total. The fraction of sp³-hybridized carbons (Fsp3) is 0.440. The van der Waals surface area contributed by atoms with Crippen molar-refractivity contribution in [2.75, 3.05) is 19.7 Å². The summed E-state index contributed by atoms with van der Waals surface area (Å²) in [5.74, 6) is 0.893. The summed E-state index contributed by atoms with van der Waals surface area (Å²) in [6.45, 7) is 3.87. The molecule has 2 aromatic rings. The fourth-order valence-electron chi connectivity index (χ4n) is 4.47. The van der Waals surface area contributed by atoms with E-state index >= 15 is 0 Å². The summed E-state index contributed by atoms with van der Waals surface area (Å²) in [7, 11) is 0. The number of ether oxygens (including phenoxy) is 1. The number of hydrogen-bond donors (Lipinski definition) is 1. The van der Waals surface area contributed by atoms with Crippen molar-refractivity contribution in [1.29, 1.82) is 0 Å². The van der Waals surface area contributed by atoms with Crippen LogP contribution in [-0.2, 0) is 24.1 Å². The maximum Gasteiger partial charge on any atom is 0.253 e. The third-order valence-corrected chi connectivity index (χ3v) is 6.09. The number of hydrogen-bond acceptors (Lipinski definition) is 3. The molecule has 0 spiro atoms. The van der Waals surface area contributed by atoms with Crippen molar-refractivity contribution in [3.05, 3.63) is 64.7 Å². The smallest absolute Gasteiger partial charge is 0.253 e. The molecule has 2 aromatic carbocycles. The lowest BCUT2D eigenvalue weighted by Gasteiger charge is -2.32. The van der Waals surface area contributed by atoms with Gasteiger partial charge in [-0.2, -0.15) is 0 Å². The minimum absolute atomic E-state index is 0.0426. The van der Waals surface area contributed by atoms with E-state index in [1.54, 1.807) is 0 Å². The number of rotatable bonds is 6. The number of nitrogens with one attached hydrogen (secondary N) is 1. The highest BCUT2D eigenvalue weighted by molar-refractivity contribution is 5.94. The second kappa shape index (κ2) is 9.33. The highest BCUT2D eigenvalue weighted by atomic mass is 16.5. The summed E-state index contributed by atoms with van der Waals surface area (Å²) in [6.07, 6.45) is 5.52. The second-order valence-electron chi connectivity index (χ2n) is 8.22. The summed E-state index contributed by atoms with van der Waals surface area (Å²) < 4.78 is 5.44. The molecule has 158 valence electrons. The zero-order valence-corrected chi connectivity index (χ0v) is 17.7. The van der Waals surface area contributed by atoms with Crippen LogP contribution in [0.4, 0.5) is 0 Å². The second-order valence-corrected chi connectivity index (χ2v) is 8.22. The third kappa shape index (κ3) is 4.84. The number of nitrogens with zero attached hydrogens (tertiary/aromatic N) is 1. The standard InChI is InChI=1S/C25H30N2O3/c1-2-30-23-10-8-20(9-11-23)25(29)27-14-12-22(13-15-27)26-24(28)17-18-6-7-19-4-3-5-21(19)16-18/h6-11,16,22H,2-5,12-15,17H2,1H3,(H,26,28). The van der Waals surface area contributed by atoms with Gasteiger partial charge in [0.25, 0.3) is 5.91 Å². The van der Waals surface area contributed by atoms with E-state index in [1.807, 2.05) is 36.1 Å². The van der Waals surface area contributed by atoms with Crippen LogP contribution in [0, 0.1) is 0 Å². The van der Waals surface area contributed by atoms with Crippen LogP contribution in [-0.4, -0.2) is 42.5 Å². The number of amides is 2. The molecule has 5 heteroatoms. The molecule has 0 radical (unpaired) electrons. The number of benzene rings is 2. The van der Waals surface area contributed by atoms with Crippen molar-refractivity contribution in [3.63, 3.8) is 0 Å². The van der Waals surface area contributed by atoms with Gasteiger partial charge in [-0.1, -0.05) is 18.2 Å². The molecule has 0 unspecified atom stereocenters. The lowest BCUT2D eigenvalue weighted by molar-refractivity contribution is -0.121. The van der Waals surface area contributed by atoms with Crippen LogP contribution in [0.3, 0.4) is 0 Å². The Bertz CT molecular complexity index is 899. The SMILES string of the molecule is CCOc1ccc(C(=O)N2CCC(NC(=O)Cc3ccc4c(c3)CCC4)CC2)cc1. The predicted molar refractivity (Wildman–Crippen MR) is 117 cm³/mol. The Labute approximate surface area is 178 Å². The van der Waals surface area contributed by atoms with Gasteiger partial charge in [0.2, 0.25) is 5.91 Å². The average Bonchev–Trinajstić information content (AvgIpc) is 3.22. The van der Waals surface area contributed by atoms with Crippen molar-refractivity contribution in [3.8, 4) is 5.75 Å². The lowest BCUT2D eigenvalue weighted by atomic mass is 10.0. The van der Waals surface area contributed by atoms with Gasteiger partial charge >= 0.3 is 0 Å². The summed E-state index contributed by atoms with van der Waals surface area (Å²) in [5.41, 5.74) is 4.61. The van der Waals surface area contributed by atoms with E-state index in [2.05, 4.69) is 23.5 Å². The zero-order valence-electron chi connectivity index (χ0n) is 17.7. The molecular formula is C25H30N2O3. The first kappa shape index (κ1) is 20.5. The Kier molecular flexibility index (Phi) is 6.36. The van der Waals surface area contributed by atoms with Gasteiger partial charge in [0.1, 0.15) is 5.75 Å². The van der Waals surface area contributed by atoms with Gasteiger partial charge in [0.05, 0.1) is 13.0 Å². The van der Waals surface area contributed by atoms with Gasteiger partial charge in [0, 0.05) is 24.7 Å². The first-order chi connectivity index (χ1) is 14.6. The van der Waals surface area contributed by atoms with Crippen LogP contribution in [0.5, 0.6) is 5.75 Å². The maximum absolute atomic E-state index is 12.7. The number of aryl methyl sites for hydroxylation is 2. The molecule has 1 saturated heterocycles. The van der Waals surface area contributed by atoms with Gasteiger partial charge in [-0.25, -0.2) is 0 Å². The van der Waals surface area contributed by atoms with Gasteiger partial charge < -0.3 is 15.0 Å². The fourth-order valence-corrected chi connectivity index (χ4v) is 4.47. The largest absolute Gasteiger partial charge is 0.494 e. The maximum atomic E-state index is 12.7. The summed E-state index contributed by atoms with van der Waals surface area (Å²) >= 11 is 0. The molecule has 0 atom stereocenters. The average molecular weight is 407 g/mol. The molecule has 2 amide bonds. The van der Waals surface area contributed by atoms with Crippen molar-refractivity contribution >= 4 is 11.8 Å². The summed E-state index contributed by atoms with van der Waals surface area (Å²) in [4.78, 5) is 27.1. The first-order valence-corrected chi connectivity index (χ1v) is 11.0. The molecule has 30 heavy (non-hydrogen) atoms. The minimum atomic E-state index is 0.0426. The Morgan fingerprint density at radius 2 is 1.77 bits per heavy atom. The van der Waals surface area contributed by atoms with Crippen molar-refractivity contribution in [2.24, 2.45) is 0 Å². The van der Waals surface area contributed by atoms with Gasteiger partial charge in [0.15, 0.2) is 0 Å². The van der Waals surface area contributed by atoms with Crippen LogP contribution in [0.15, 0.2) is 42.5 Å². The molecule has 1 fully saturated rings. The minimum Gasteiger partial charge on any atom is -0.494 e. The molecule has 4 rings (SSSR count). The van der Waals surface area contributed by atoms with Crippen LogP contribution >= 0.6 is 0 Å². The molecule has 1 aliphatic carbocycles. The number of carbonyl (C=O) groups excluding carboxylic acids is 2. The highest BCUT2D eigenvalue weighted by Crippen LogP contribution is 2.23. The van der Waals surface area contributed by atoms with E-state index < -0.39 is 0 Å². The topological polar surface area (TPSA) is 58.6 Å².